The Balaban J connectivity index is 1.88. The van der Waals surface area contributed by atoms with Crippen LogP contribution < -0.4 is 11.0 Å². The van der Waals surface area contributed by atoms with Crippen LogP contribution in [0.4, 0.5) is 0 Å². The fourth-order valence-corrected chi connectivity index (χ4v) is 2.69. The molecule has 0 aromatic carbocycles. The van der Waals surface area contributed by atoms with Crippen LogP contribution in [-0.2, 0) is 0 Å². The Kier molecular flexibility index (Phi) is 4.28. The second-order valence-electron chi connectivity index (χ2n) is 4.58. The highest BCUT2D eigenvalue weighted by molar-refractivity contribution is 7.99. The molecular formula is C11H20N4OS. The van der Waals surface area contributed by atoms with Crippen LogP contribution >= 0.6 is 11.8 Å². The first-order valence-corrected chi connectivity index (χ1v) is 7.24. The number of H-pyrrole nitrogens is 1. The van der Waals surface area contributed by atoms with Gasteiger partial charge in [-0.2, -0.15) is 0 Å². The number of aromatic nitrogens is 3. The standard InChI is InChI=1S/C11H20N4OS/c1-3-6-12-8(2)7-17-11-14-13-10(16)15(11)9-4-5-9/h8-9,12H,3-7H2,1-2H3,(H,13,16). The van der Waals surface area contributed by atoms with E-state index in [1.807, 2.05) is 0 Å². The van der Waals surface area contributed by atoms with Crippen molar-refractivity contribution in [2.75, 3.05) is 12.3 Å². The van der Waals surface area contributed by atoms with Crippen molar-refractivity contribution in [2.24, 2.45) is 0 Å². The molecule has 0 bridgehead atoms. The zero-order chi connectivity index (χ0) is 12.3. The summed E-state index contributed by atoms with van der Waals surface area (Å²) in [6, 6.07) is 0.835. The number of rotatable bonds is 7. The Bertz CT molecular complexity index is 410. The van der Waals surface area contributed by atoms with Gasteiger partial charge < -0.3 is 5.32 Å². The third kappa shape index (κ3) is 3.35. The van der Waals surface area contributed by atoms with Gasteiger partial charge in [-0.3, -0.25) is 4.57 Å². The summed E-state index contributed by atoms with van der Waals surface area (Å²) in [6.07, 6.45) is 3.36. The van der Waals surface area contributed by atoms with Gasteiger partial charge in [0.05, 0.1) is 0 Å². The largest absolute Gasteiger partial charge is 0.344 e. The lowest BCUT2D eigenvalue weighted by Gasteiger charge is -2.12. The van der Waals surface area contributed by atoms with Gasteiger partial charge in [0.15, 0.2) is 5.16 Å². The molecule has 0 aliphatic heterocycles. The molecule has 1 aliphatic carbocycles. The highest BCUT2D eigenvalue weighted by atomic mass is 32.2. The predicted octanol–water partition coefficient (Wildman–Crippen LogP) is 1.39. The zero-order valence-electron chi connectivity index (χ0n) is 10.4. The van der Waals surface area contributed by atoms with Gasteiger partial charge in [0, 0.05) is 17.8 Å². The van der Waals surface area contributed by atoms with E-state index in [0.717, 1.165) is 36.7 Å². The second kappa shape index (κ2) is 5.73. The van der Waals surface area contributed by atoms with E-state index in [2.05, 4.69) is 29.4 Å². The van der Waals surface area contributed by atoms with Gasteiger partial charge in [-0.05, 0) is 32.7 Å². The molecule has 1 aromatic heterocycles. The Morgan fingerprint density at radius 3 is 3.06 bits per heavy atom. The van der Waals surface area contributed by atoms with E-state index in [1.54, 1.807) is 16.3 Å². The van der Waals surface area contributed by atoms with Gasteiger partial charge in [0.1, 0.15) is 0 Å². The summed E-state index contributed by atoms with van der Waals surface area (Å²) < 4.78 is 1.80. The number of thioether (sulfide) groups is 1. The SMILES string of the molecule is CCCNC(C)CSc1n[nH]c(=O)n1C1CC1. The van der Waals surface area contributed by atoms with E-state index in [-0.39, 0.29) is 5.69 Å². The van der Waals surface area contributed by atoms with Crippen LogP contribution in [-0.4, -0.2) is 33.1 Å². The van der Waals surface area contributed by atoms with Crippen LogP contribution in [0.2, 0.25) is 0 Å². The molecule has 0 radical (unpaired) electrons. The molecule has 1 fully saturated rings. The van der Waals surface area contributed by atoms with Crippen LogP contribution in [0.3, 0.4) is 0 Å². The van der Waals surface area contributed by atoms with E-state index in [1.165, 1.54) is 0 Å². The number of nitrogens with one attached hydrogen (secondary N) is 2. The van der Waals surface area contributed by atoms with Crippen molar-refractivity contribution in [1.29, 1.82) is 0 Å². The highest BCUT2D eigenvalue weighted by Crippen LogP contribution is 2.36. The van der Waals surface area contributed by atoms with Crippen LogP contribution in [0.1, 0.15) is 39.2 Å². The molecule has 6 heteroatoms. The van der Waals surface area contributed by atoms with Crippen LogP contribution in [0.25, 0.3) is 0 Å². The van der Waals surface area contributed by atoms with Gasteiger partial charge in [0.25, 0.3) is 0 Å². The van der Waals surface area contributed by atoms with Crippen molar-refractivity contribution in [3.8, 4) is 0 Å². The Morgan fingerprint density at radius 1 is 1.65 bits per heavy atom. The van der Waals surface area contributed by atoms with Gasteiger partial charge in [-0.1, -0.05) is 18.7 Å². The van der Waals surface area contributed by atoms with Crippen LogP contribution in [0.15, 0.2) is 9.95 Å². The lowest BCUT2D eigenvalue weighted by atomic mass is 10.3. The molecule has 1 aliphatic rings. The molecule has 0 spiro atoms. The van der Waals surface area contributed by atoms with Gasteiger partial charge in [-0.15, -0.1) is 5.10 Å². The molecule has 2 N–H and O–H groups in total. The lowest BCUT2D eigenvalue weighted by Crippen LogP contribution is -2.29. The molecule has 1 atom stereocenters. The van der Waals surface area contributed by atoms with Gasteiger partial charge >= 0.3 is 5.69 Å². The molecule has 5 nitrogen and oxygen atoms in total. The van der Waals surface area contributed by atoms with Crippen molar-refractivity contribution in [1.82, 2.24) is 20.1 Å². The van der Waals surface area contributed by atoms with E-state index < -0.39 is 0 Å². The molecule has 2 rings (SSSR count). The predicted molar refractivity (Wildman–Crippen MR) is 69.6 cm³/mol. The molecule has 1 heterocycles. The number of hydrogen-bond donors (Lipinski definition) is 2. The molecule has 1 unspecified atom stereocenters. The minimum Gasteiger partial charge on any atom is -0.313 e. The van der Waals surface area contributed by atoms with Crippen molar-refractivity contribution in [3.05, 3.63) is 10.5 Å². The lowest BCUT2D eigenvalue weighted by molar-refractivity contribution is 0.587. The Morgan fingerprint density at radius 2 is 2.41 bits per heavy atom. The maximum atomic E-state index is 11.6. The van der Waals surface area contributed by atoms with Crippen molar-refractivity contribution < 1.29 is 0 Å². The maximum absolute atomic E-state index is 11.6. The molecule has 96 valence electrons. The first-order valence-electron chi connectivity index (χ1n) is 6.25. The molecular weight excluding hydrogens is 236 g/mol. The summed E-state index contributed by atoms with van der Waals surface area (Å²) in [4.78, 5) is 11.6. The molecule has 1 aromatic rings. The van der Waals surface area contributed by atoms with Gasteiger partial charge in [-0.25, -0.2) is 9.89 Å². The summed E-state index contributed by atoms with van der Waals surface area (Å²) in [5.41, 5.74) is -0.0656. The van der Waals surface area contributed by atoms with E-state index in [9.17, 15) is 4.79 Å². The van der Waals surface area contributed by atoms with Crippen LogP contribution in [0.5, 0.6) is 0 Å². The van der Waals surface area contributed by atoms with E-state index in [0.29, 0.717) is 12.1 Å². The summed E-state index contributed by atoms with van der Waals surface area (Å²) in [7, 11) is 0. The molecule has 0 amide bonds. The average molecular weight is 256 g/mol. The number of nitrogens with zero attached hydrogens (tertiary/aromatic N) is 2. The van der Waals surface area contributed by atoms with E-state index in [4.69, 9.17) is 0 Å². The number of hydrogen-bond acceptors (Lipinski definition) is 4. The fraction of sp³-hybridized carbons (Fsp3) is 0.818. The molecule has 0 saturated heterocycles. The summed E-state index contributed by atoms with van der Waals surface area (Å²) in [5, 5.41) is 10.9. The fourth-order valence-electron chi connectivity index (χ4n) is 1.70. The van der Waals surface area contributed by atoms with Crippen LogP contribution in [0, 0.1) is 0 Å². The minimum atomic E-state index is -0.0656. The summed E-state index contributed by atoms with van der Waals surface area (Å²) >= 11 is 1.65. The third-order valence-electron chi connectivity index (χ3n) is 2.79. The van der Waals surface area contributed by atoms with E-state index >= 15 is 0 Å². The third-order valence-corrected chi connectivity index (χ3v) is 4.00. The Hall–Kier alpha value is -0.750. The first kappa shape index (κ1) is 12.7. The van der Waals surface area contributed by atoms with Crippen molar-refractivity contribution in [3.63, 3.8) is 0 Å². The topological polar surface area (TPSA) is 62.7 Å². The first-order chi connectivity index (χ1) is 8.22. The summed E-state index contributed by atoms with van der Waals surface area (Å²) in [5.74, 6) is 0.941. The normalized spacial score (nSPS) is 17.3. The average Bonchev–Trinajstić information content (AvgIpc) is 3.08. The summed E-state index contributed by atoms with van der Waals surface area (Å²) in [6.45, 7) is 5.36. The number of aromatic amines is 1. The van der Waals surface area contributed by atoms with Gasteiger partial charge in [0.2, 0.25) is 0 Å². The maximum Gasteiger partial charge on any atom is 0.344 e. The molecule has 1 saturated carbocycles. The monoisotopic (exact) mass is 256 g/mol. The smallest absolute Gasteiger partial charge is 0.313 e. The molecule has 17 heavy (non-hydrogen) atoms. The second-order valence-corrected chi connectivity index (χ2v) is 5.57. The quantitative estimate of drug-likeness (QED) is 0.724. The van der Waals surface area contributed by atoms with Crippen molar-refractivity contribution in [2.45, 2.75) is 50.4 Å². The Labute approximate surface area is 105 Å². The minimum absolute atomic E-state index is 0.0656. The highest BCUT2D eigenvalue weighted by Gasteiger charge is 2.28. The van der Waals surface area contributed by atoms with Crippen molar-refractivity contribution >= 4 is 11.8 Å². The zero-order valence-corrected chi connectivity index (χ0v) is 11.2.